The zero-order valence-electron chi connectivity index (χ0n) is 13.8. The third-order valence-electron chi connectivity index (χ3n) is 3.98. The first-order chi connectivity index (χ1) is 9.80. The lowest BCUT2D eigenvalue weighted by atomic mass is 9.99. The molecule has 0 unspecified atom stereocenters. The number of nitrogens with zero attached hydrogens (tertiary/aromatic N) is 2. The Morgan fingerprint density at radius 1 is 1.24 bits per heavy atom. The van der Waals surface area contributed by atoms with E-state index in [0.29, 0.717) is 5.92 Å². The molecule has 21 heavy (non-hydrogen) atoms. The van der Waals surface area contributed by atoms with Gasteiger partial charge in [-0.3, -0.25) is 0 Å². The van der Waals surface area contributed by atoms with E-state index in [1.165, 1.54) is 28.5 Å². The minimum absolute atomic E-state index is 0.129. The Kier molecular flexibility index (Phi) is 3.79. The summed E-state index contributed by atoms with van der Waals surface area (Å²) in [4.78, 5) is 8.82. The topological polar surface area (TPSA) is 37.4 Å². The van der Waals surface area contributed by atoms with E-state index in [1.54, 1.807) is 0 Å². The number of ether oxygens (including phenoxy) is 1. The number of nitrogens with one attached hydrogen (secondary N) is 1. The van der Waals surface area contributed by atoms with E-state index in [2.05, 4.69) is 37.9 Å². The van der Waals surface area contributed by atoms with Gasteiger partial charge in [0.2, 0.25) is 0 Å². The van der Waals surface area contributed by atoms with Crippen molar-refractivity contribution in [3.63, 3.8) is 0 Å². The third kappa shape index (κ3) is 3.41. The number of rotatable bonds is 4. The summed E-state index contributed by atoms with van der Waals surface area (Å²) < 4.78 is 6.18. The van der Waals surface area contributed by atoms with Gasteiger partial charge in [0, 0.05) is 30.4 Å². The molecule has 1 N–H and O–H groups in total. The van der Waals surface area contributed by atoms with Crippen LogP contribution in [0.25, 0.3) is 0 Å². The van der Waals surface area contributed by atoms with Crippen LogP contribution < -0.4 is 10.2 Å². The molecule has 0 amide bonds. The number of hydrogen-bond donors (Lipinski definition) is 1. The summed E-state index contributed by atoms with van der Waals surface area (Å²) in [5.74, 6) is 0.709. The second kappa shape index (κ2) is 5.21. The number of morpholine rings is 1. The van der Waals surface area contributed by atoms with E-state index >= 15 is 0 Å². The minimum Gasteiger partial charge on any atom is -0.366 e. The van der Waals surface area contributed by atoms with Gasteiger partial charge in [-0.05, 0) is 47.6 Å². The zero-order chi connectivity index (χ0) is 15.3. The molecule has 5 heteroatoms. The lowest BCUT2D eigenvalue weighted by Gasteiger charge is -2.47. The molecular weight excluding hydrogens is 282 g/mol. The summed E-state index contributed by atoms with van der Waals surface area (Å²) in [7, 11) is 2.01. The third-order valence-corrected chi connectivity index (χ3v) is 5.12. The van der Waals surface area contributed by atoms with Crippen molar-refractivity contribution in [3.05, 3.63) is 10.6 Å². The van der Waals surface area contributed by atoms with Crippen LogP contribution in [0.5, 0.6) is 0 Å². The Bertz CT molecular complexity index is 504. The van der Waals surface area contributed by atoms with Gasteiger partial charge < -0.3 is 15.0 Å². The molecule has 0 radical (unpaired) electrons. The summed E-state index contributed by atoms with van der Waals surface area (Å²) in [5, 5.41) is 4.46. The lowest BCUT2D eigenvalue weighted by Crippen LogP contribution is -2.57. The summed E-state index contributed by atoms with van der Waals surface area (Å²) in [6, 6.07) is 0. The Hall–Kier alpha value is -0.650. The first kappa shape index (κ1) is 15.3. The monoisotopic (exact) mass is 309 g/mol. The Morgan fingerprint density at radius 3 is 2.38 bits per heavy atom. The maximum Gasteiger partial charge on any atom is 0.186 e. The van der Waals surface area contributed by atoms with Crippen molar-refractivity contribution < 1.29 is 4.74 Å². The van der Waals surface area contributed by atoms with Gasteiger partial charge in [0.15, 0.2) is 5.13 Å². The lowest BCUT2D eigenvalue weighted by molar-refractivity contribution is -0.133. The van der Waals surface area contributed by atoms with Crippen LogP contribution in [0.2, 0.25) is 0 Å². The van der Waals surface area contributed by atoms with Crippen molar-refractivity contribution in [1.29, 1.82) is 0 Å². The molecule has 1 aromatic heterocycles. The van der Waals surface area contributed by atoms with Crippen LogP contribution in [-0.2, 0) is 11.3 Å². The van der Waals surface area contributed by atoms with Crippen LogP contribution in [0.1, 0.15) is 57.0 Å². The second-order valence-corrected chi connectivity index (χ2v) is 8.65. The van der Waals surface area contributed by atoms with E-state index in [-0.39, 0.29) is 11.2 Å². The quantitative estimate of drug-likeness (QED) is 0.927. The van der Waals surface area contributed by atoms with Crippen LogP contribution >= 0.6 is 11.3 Å². The molecule has 4 nitrogen and oxygen atoms in total. The first-order valence-corrected chi connectivity index (χ1v) is 8.71. The van der Waals surface area contributed by atoms with Crippen LogP contribution in [-0.4, -0.2) is 36.3 Å². The van der Waals surface area contributed by atoms with E-state index in [1.807, 2.05) is 18.4 Å². The number of aromatic nitrogens is 1. The molecule has 2 fully saturated rings. The van der Waals surface area contributed by atoms with E-state index in [4.69, 9.17) is 9.72 Å². The largest absolute Gasteiger partial charge is 0.366 e. The summed E-state index contributed by atoms with van der Waals surface area (Å²) in [6.45, 7) is 11.4. The maximum absolute atomic E-state index is 6.18. The van der Waals surface area contributed by atoms with Crippen LogP contribution in [0.15, 0.2) is 0 Å². The van der Waals surface area contributed by atoms with Gasteiger partial charge in [-0.2, -0.15) is 0 Å². The molecule has 1 aliphatic heterocycles. The van der Waals surface area contributed by atoms with E-state index < -0.39 is 0 Å². The molecule has 0 aromatic carbocycles. The van der Waals surface area contributed by atoms with Gasteiger partial charge in [0.05, 0.1) is 16.9 Å². The molecule has 1 saturated carbocycles. The summed E-state index contributed by atoms with van der Waals surface area (Å²) in [6.07, 6.45) is 2.61. The normalized spacial score (nSPS) is 24.3. The Balaban J connectivity index is 1.87. The average Bonchev–Trinajstić information content (AvgIpc) is 3.07. The highest BCUT2D eigenvalue weighted by molar-refractivity contribution is 7.15. The van der Waals surface area contributed by atoms with Gasteiger partial charge in [0.1, 0.15) is 0 Å². The maximum atomic E-state index is 6.18. The van der Waals surface area contributed by atoms with Gasteiger partial charge in [-0.25, -0.2) is 4.98 Å². The number of thiazole rings is 1. The predicted molar refractivity (Wildman–Crippen MR) is 88.3 cm³/mol. The van der Waals surface area contributed by atoms with Gasteiger partial charge in [-0.15, -0.1) is 11.3 Å². The highest BCUT2D eigenvalue weighted by Gasteiger charge is 2.40. The van der Waals surface area contributed by atoms with Crippen molar-refractivity contribution in [2.75, 3.05) is 25.0 Å². The van der Waals surface area contributed by atoms with E-state index in [9.17, 15) is 0 Å². The Morgan fingerprint density at radius 2 is 1.86 bits per heavy atom. The standard InChI is InChI=1S/C16H27N3OS/c1-15(2)9-19(10-16(3,4)20-15)14-18-13(11-6-7-11)12(21-14)8-17-5/h11,17H,6-10H2,1-5H3. The first-order valence-electron chi connectivity index (χ1n) is 7.89. The molecule has 0 bridgehead atoms. The van der Waals surface area contributed by atoms with E-state index in [0.717, 1.165) is 19.6 Å². The smallest absolute Gasteiger partial charge is 0.186 e. The van der Waals surface area contributed by atoms with Crippen molar-refractivity contribution in [3.8, 4) is 0 Å². The molecule has 1 aromatic rings. The van der Waals surface area contributed by atoms with Gasteiger partial charge in [-0.1, -0.05) is 0 Å². The molecule has 2 aliphatic rings. The zero-order valence-corrected chi connectivity index (χ0v) is 14.6. The molecule has 1 aliphatic carbocycles. The molecule has 2 heterocycles. The molecule has 118 valence electrons. The fraction of sp³-hybridized carbons (Fsp3) is 0.812. The SMILES string of the molecule is CNCc1sc(N2CC(C)(C)OC(C)(C)C2)nc1C1CC1. The van der Waals surface area contributed by atoms with Crippen molar-refractivity contribution >= 4 is 16.5 Å². The molecule has 0 atom stereocenters. The van der Waals surface area contributed by atoms with Crippen LogP contribution in [0.4, 0.5) is 5.13 Å². The summed E-state index contributed by atoms with van der Waals surface area (Å²) >= 11 is 1.86. The Labute approximate surface area is 131 Å². The highest BCUT2D eigenvalue weighted by atomic mass is 32.1. The average molecular weight is 309 g/mol. The van der Waals surface area contributed by atoms with Gasteiger partial charge in [0.25, 0.3) is 0 Å². The number of hydrogen-bond acceptors (Lipinski definition) is 5. The van der Waals surface area contributed by atoms with Crippen LogP contribution in [0.3, 0.4) is 0 Å². The second-order valence-electron chi connectivity index (χ2n) is 7.59. The van der Waals surface area contributed by atoms with Crippen molar-refractivity contribution in [2.24, 2.45) is 0 Å². The fourth-order valence-corrected chi connectivity index (χ4v) is 4.53. The highest BCUT2D eigenvalue weighted by Crippen LogP contribution is 2.45. The number of anilines is 1. The van der Waals surface area contributed by atoms with Crippen molar-refractivity contribution in [1.82, 2.24) is 10.3 Å². The minimum atomic E-state index is -0.129. The van der Waals surface area contributed by atoms with Crippen LogP contribution in [0, 0.1) is 0 Å². The van der Waals surface area contributed by atoms with Gasteiger partial charge >= 0.3 is 0 Å². The molecule has 1 saturated heterocycles. The predicted octanol–water partition coefficient (Wildman–Crippen LogP) is 3.13. The van der Waals surface area contributed by atoms with Crippen molar-refractivity contribution in [2.45, 2.75) is 64.2 Å². The molecular formula is C16H27N3OS. The molecule has 3 rings (SSSR count). The fourth-order valence-electron chi connectivity index (χ4n) is 3.37. The summed E-state index contributed by atoms with van der Waals surface area (Å²) in [5.41, 5.74) is 1.08. The molecule has 0 spiro atoms.